The summed E-state index contributed by atoms with van der Waals surface area (Å²) in [6.45, 7) is 8.45. The van der Waals surface area contributed by atoms with E-state index in [0.717, 1.165) is 73.1 Å². The molecule has 1 saturated heterocycles. The Morgan fingerprint density at radius 3 is 2.60 bits per heavy atom. The van der Waals surface area contributed by atoms with Crippen LogP contribution in [0, 0.1) is 0 Å². The van der Waals surface area contributed by atoms with Crippen molar-refractivity contribution in [3.05, 3.63) is 52.8 Å². The van der Waals surface area contributed by atoms with Gasteiger partial charge >= 0.3 is 0 Å². The topological polar surface area (TPSA) is 48.5 Å². The first-order chi connectivity index (χ1) is 14.6. The second-order valence-electron chi connectivity index (χ2n) is 8.39. The molecule has 0 bridgehead atoms. The lowest BCUT2D eigenvalue weighted by atomic mass is 10.1. The highest BCUT2D eigenvalue weighted by Crippen LogP contribution is 2.23. The molecule has 0 unspecified atom stereocenters. The van der Waals surface area contributed by atoms with Crippen LogP contribution in [-0.2, 0) is 0 Å². The zero-order valence-corrected chi connectivity index (χ0v) is 18.3. The molecule has 0 amide bonds. The Bertz CT molecular complexity index is 1090. The number of rotatable bonds is 5. The van der Waals surface area contributed by atoms with E-state index < -0.39 is 0 Å². The highest BCUT2D eigenvalue weighted by Gasteiger charge is 2.14. The summed E-state index contributed by atoms with van der Waals surface area (Å²) in [5, 5.41) is 5.95. The Balaban J connectivity index is 1.79. The fourth-order valence-electron chi connectivity index (χ4n) is 4.29. The van der Waals surface area contributed by atoms with E-state index >= 15 is 0 Å². The smallest absolute Gasteiger partial charge is 0.195 e. The quantitative estimate of drug-likeness (QED) is 0.679. The molecule has 1 N–H and O–H groups in total. The third-order valence-electron chi connectivity index (χ3n) is 6.31. The average Bonchev–Trinajstić information content (AvgIpc) is 3.07. The molecule has 1 aliphatic rings. The largest absolute Gasteiger partial charge is 0.382 e. The lowest BCUT2D eigenvalue weighted by Gasteiger charge is -2.22. The van der Waals surface area contributed by atoms with Gasteiger partial charge in [-0.1, -0.05) is 26.0 Å². The van der Waals surface area contributed by atoms with E-state index in [9.17, 15) is 4.79 Å². The fraction of sp³-hybridized carbons (Fsp3) is 0.440. The van der Waals surface area contributed by atoms with Gasteiger partial charge in [0.1, 0.15) is 0 Å². The number of hydrogen-bond donors (Lipinski definition) is 1. The first kappa shape index (κ1) is 20.6. The van der Waals surface area contributed by atoms with Crippen LogP contribution < -0.4 is 15.6 Å². The SMILES string of the molecule is CCC(CC)Nc1ccc2ccc3ncc(N4CCCN(C)CC4)cc3c(=O)c2c1. The molecule has 0 atom stereocenters. The molecule has 3 aromatic rings. The molecule has 1 aromatic heterocycles. The predicted molar refractivity (Wildman–Crippen MR) is 128 cm³/mol. The second kappa shape index (κ2) is 9.00. The van der Waals surface area contributed by atoms with Gasteiger partial charge in [-0.25, -0.2) is 0 Å². The molecule has 5 heteroatoms. The molecule has 0 radical (unpaired) electrons. The summed E-state index contributed by atoms with van der Waals surface area (Å²) in [6.07, 6.45) is 5.15. The van der Waals surface area contributed by atoms with Gasteiger partial charge in [-0.05, 0) is 62.5 Å². The maximum Gasteiger partial charge on any atom is 0.195 e. The minimum Gasteiger partial charge on any atom is -0.382 e. The predicted octanol–water partition coefficient (Wildman–Crippen LogP) is 4.49. The van der Waals surface area contributed by atoms with Crippen LogP contribution in [-0.4, -0.2) is 49.2 Å². The van der Waals surface area contributed by atoms with Crippen LogP contribution in [0.15, 0.2) is 47.4 Å². The van der Waals surface area contributed by atoms with E-state index in [1.54, 1.807) is 0 Å². The summed E-state index contributed by atoms with van der Waals surface area (Å²) in [5.74, 6) is 0. The third-order valence-corrected chi connectivity index (χ3v) is 6.31. The average molecular weight is 405 g/mol. The highest BCUT2D eigenvalue weighted by atomic mass is 16.1. The molecule has 158 valence electrons. The van der Waals surface area contributed by atoms with E-state index in [1.807, 2.05) is 36.5 Å². The number of hydrogen-bond acceptors (Lipinski definition) is 5. The van der Waals surface area contributed by atoms with Crippen molar-refractivity contribution in [2.24, 2.45) is 0 Å². The summed E-state index contributed by atoms with van der Waals surface area (Å²) < 4.78 is 0. The highest BCUT2D eigenvalue weighted by molar-refractivity contribution is 5.94. The van der Waals surface area contributed by atoms with Crippen molar-refractivity contribution in [1.29, 1.82) is 0 Å². The van der Waals surface area contributed by atoms with E-state index in [4.69, 9.17) is 0 Å². The van der Waals surface area contributed by atoms with Crippen molar-refractivity contribution in [3.63, 3.8) is 0 Å². The molecule has 2 heterocycles. The molecule has 5 nitrogen and oxygen atoms in total. The van der Waals surface area contributed by atoms with Gasteiger partial charge < -0.3 is 15.1 Å². The van der Waals surface area contributed by atoms with E-state index in [-0.39, 0.29) is 5.43 Å². The summed E-state index contributed by atoms with van der Waals surface area (Å²) >= 11 is 0. The van der Waals surface area contributed by atoms with Crippen LogP contribution in [0.2, 0.25) is 0 Å². The van der Waals surface area contributed by atoms with Crippen LogP contribution in [0.25, 0.3) is 21.7 Å². The summed E-state index contributed by atoms with van der Waals surface area (Å²) in [7, 11) is 2.16. The van der Waals surface area contributed by atoms with Gasteiger partial charge in [0, 0.05) is 36.7 Å². The summed E-state index contributed by atoms with van der Waals surface area (Å²) in [5.41, 5.74) is 2.86. The maximum atomic E-state index is 13.5. The number of likely N-dealkylation sites (N-methyl/N-ethyl adjacent to an activating group) is 1. The molecule has 1 aliphatic heterocycles. The normalized spacial score (nSPS) is 15.7. The van der Waals surface area contributed by atoms with Crippen LogP contribution in [0.4, 0.5) is 11.4 Å². The minimum absolute atomic E-state index is 0.0551. The lowest BCUT2D eigenvalue weighted by Crippen LogP contribution is -2.28. The number of nitrogens with zero attached hydrogens (tertiary/aromatic N) is 3. The van der Waals surface area contributed by atoms with E-state index in [2.05, 4.69) is 47.1 Å². The summed E-state index contributed by atoms with van der Waals surface area (Å²) in [4.78, 5) is 22.9. The molecule has 30 heavy (non-hydrogen) atoms. The number of anilines is 2. The van der Waals surface area contributed by atoms with Gasteiger partial charge in [0.2, 0.25) is 0 Å². The van der Waals surface area contributed by atoms with Crippen molar-refractivity contribution in [1.82, 2.24) is 9.88 Å². The van der Waals surface area contributed by atoms with Crippen molar-refractivity contribution in [3.8, 4) is 0 Å². The zero-order chi connectivity index (χ0) is 21.1. The Labute approximate surface area is 178 Å². The lowest BCUT2D eigenvalue weighted by molar-refractivity contribution is 0.360. The van der Waals surface area contributed by atoms with E-state index in [1.165, 1.54) is 0 Å². The van der Waals surface area contributed by atoms with Gasteiger partial charge in [0.25, 0.3) is 0 Å². The minimum atomic E-state index is 0.0551. The van der Waals surface area contributed by atoms with Crippen LogP contribution in [0.5, 0.6) is 0 Å². The Morgan fingerprint density at radius 1 is 1.00 bits per heavy atom. The number of pyridine rings is 1. The summed E-state index contributed by atoms with van der Waals surface area (Å²) in [6, 6.07) is 12.5. The third kappa shape index (κ3) is 4.26. The first-order valence-electron chi connectivity index (χ1n) is 11.2. The van der Waals surface area contributed by atoms with Crippen molar-refractivity contribution in [2.75, 3.05) is 43.4 Å². The number of aromatic nitrogens is 1. The van der Waals surface area contributed by atoms with Crippen molar-refractivity contribution in [2.45, 2.75) is 39.2 Å². The number of nitrogens with one attached hydrogen (secondary N) is 1. The molecule has 2 aromatic carbocycles. The van der Waals surface area contributed by atoms with Crippen molar-refractivity contribution >= 4 is 33.1 Å². The Morgan fingerprint density at radius 2 is 1.80 bits per heavy atom. The zero-order valence-electron chi connectivity index (χ0n) is 18.3. The van der Waals surface area contributed by atoms with E-state index in [0.29, 0.717) is 11.4 Å². The van der Waals surface area contributed by atoms with Gasteiger partial charge in [0.15, 0.2) is 5.43 Å². The molecular formula is C25H32N4O. The molecular weight excluding hydrogens is 372 g/mol. The standard InChI is InChI=1S/C25H32N4O/c1-4-19(5-2)27-20-9-7-18-8-10-24-23(25(30)22(18)15-20)16-21(17-26-24)29-12-6-11-28(3)13-14-29/h7-10,15-17,19,27H,4-6,11-14H2,1-3H3. The molecule has 0 spiro atoms. The molecule has 4 rings (SSSR count). The fourth-order valence-corrected chi connectivity index (χ4v) is 4.29. The Hall–Kier alpha value is -2.66. The molecule has 0 saturated carbocycles. The van der Waals surface area contributed by atoms with Gasteiger partial charge in [-0.15, -0.1) is 0 Å². The van der Waals surface area contributed by atoms with Crippen LogP contribution in [0.1, 0.15) is 33.1 Å². The van der Waals surface area contributed by atoms with Crippen molar-refractivity contribution < 1.29 is 0 Å². The van der Waals surface area contributed by atoms with Gasteiger partial charge in [-0.2, -0.15) is 0 Å². The monoisotopic (exact) mass is 404 g/mol. The first-order valence-corrected chi connectivity index (χ1v) is 11.2. The number of fused-ring (bicyclic) bond motifs is 2. The molecule has 1 fully saturated rings. The maximum absolute atomic E-state index is 13.5. The number of benzene rings is 1. The Kier molecular flexibility index (Phi) is 6.18. The van der Waals surface area contributed by atoms with Crippen LogP contribution >= 0.6 is 0 Å². The van der Waals surface area contributed by atoms with Gasteiger partial charge in [-0.3, -0.25) is 9.78 Å². The second-order valence-corrected chi connectivity index (χ2v) is 8.39. The van der Waals surface area contributed by atoms with Gasteiger partial charge in [0.05, 0.1) is 22.8 Å². The molecule has 0 aliphatic carbocycles. The van der Waals surface area contributed by atoms with Crippen LogP contribution in [0.3, 0.4) is 0 Å².